The first-order valence-corrected chi connectivity index (χ1v) is 9.42. The average Bonchev–Trinajstić information content (AvgIpc) is 3.12. The molecule has 28 heavy (non-hydrogen) atoms. The fraction of sp³-hybridized carbons (Fsp3) is 0.167. The lowest BCUT2D eigenvalue weighted by Gasteiger charge is -2.01. The zero-order valence-corrected chi connectivity index (χ0v) is 15.8. The van der Waals surface area contributed by atoms with E-state index in [1.807, 2.05) is 12.0 Å². The highest BCUT2D eigenvalue weighted by Gasteiger charge is 2.33. The van der Waals surface area contributed by atoms with Gasteiger partial charge in [0, 0.05) is 5.56 Å². The predicted molar refractivity (Wildman–Crippen MR) is 98.1 cm³/mol. The molecule has 0 unspecified atom stereocenters. The number of rotatable bonds is 3. The molecule has 150 valence electrons. The largest absolute Gasteiger partial charge is 0.497 e. The summed E-state index contributed by atoms with van der Waals surface area (Å²) in [6.07, 6.45) is -4.41. The lowest BCUT2D eigenvalue weighted by molar-refractivity contribution is -0.141. The third kappa shape index (κ3) is 5.83. The van der Waals surface area contributed by atoms with Gasteiger partial charge in [0.25, 0.3) is 0 Å². The maximum absolute atomic E-state index is 12.3. The second-order valence-electron chi connectivity index (χ2n) is 5.75. The smallest absolute Gasteiger partial charge is 0.432 e. The summed E-state index contributed by atoms with van der Waals surface area (Å²) < 4.78 is 63.4. The van der Waals surface area contributed by atoms with E-state index in [0.717, 1.165) is 11.6 Å². The van der Waals surface area contributed by atoms with Crippen molar-refractivity contribution in [1.29, 1.82) is 0 Å². The van der Waals surface area contributed by atoms with Crippen molar-refractivity contribution in [3.05, 3.63) is 65.9 Å². The molecule has 0 saturated heterocycles. The lowest BCUT2D eigenvalue weighted by atomic mass is 10.1. The topological polar surface area (TPSA) is 98.1 Å². The molecule has 0 spiro atoms. The van der Waals surface area contributed by atoms with Gasteiger partial charge in [-0.05, 0) is 49.4 Å². The SMILES string of the molecule is COc1ccc(-c2cc(C(F)(F)F)[nH]n2)cc1.Cc1ccc(S(N)(=O)=O)cc1. The quantitative estimate of drug-likeness (QED) is 0.683. The summed E-state index contributed by atoms with van der Waals surface area (Å²) >= 11 is 0. The summed E-state index contributed by atoms with van der Waals surface area (Å²) in [7, 11) is -2.00. The van der Waals surface area contributed by atoms with E-state index < -0.39 is 21.9 Å². The van der Waals surface area contributed by atoms with Gasteiger partial charge in [-0.2, -0.15) is 18.3 Å². The van der Waals surface area contributed by atoms with E-state index in [4.69, 9.17) is 9.88 Å². The summed E-state index contributed by atoms with van der Waals surface area (Å²) in [5, 5.41) is 10.5. The Balaban J connectivity index is 0.000000221. The first-order chi connectivity index (χ1) is 13.0. The second-order valence-corrected chi connectivity index (χ2v) is 7.31. The molecule has 1 aromatic heterocycles. The molecule has 0 aliphatic rings. The molecule has 0 fully saturated rings. The van der Waals surface area contributed by atoms with E-state index in [-0.39, 0.29) is 10.6 Å². The molecule has 0 aliphatic carbocycles. The lowest BCUT2D eigenvalue weighted by Crippen LogP contribution is -2.11. The summed E-state index contributed by atoms with van der Waals surface area (Å²) in [6, 6.07) is 14.0. The predicted octanol–water partition coefficient (Wildman–Crippen LogP) is 3.75. The molecule has 2 aromatic carbocycles. The van der Waals surface area contributed by atoms with Crippen molar-refractivity contribution >= 4 is 10.0 Å². The molecule has 0 radical (unpaired) electrons. The standard InChI is InChI=1S/C11H9F3N2O.C7H9NO2S/c1-17-8-4-2-7(3-5-8)9-6-10(16-15-9)11(12,13)14;1-6-2-4-7(5-3-6)11(8,9)10/h2-6H,1H3,(H,15,16);2-5H,1H3,(H2,8,9,10). The Hall–Kier alpha value is -2.85. The van der Waals surface area contributed by atoms with Crippen LogP contribution in [0.5, 0.6) is 5.75 Å². The zero-order valence-electron chi connectivity index (χ0n) is 15.0. The fourth-order valence-corrected chi connectivity index (χ4v) is 2.62. The van der Waals surface area contributed by atoms with Gasteiger partial charge in [0.05, 0.1) is 17.7 Å². The highest BCUT2D eigenvalue weighted by molar-refractivity contribution is 7.89. The molecule has 0 amide bonds. The van der Waals surface area contributed by atoms with Crippen molar-refractivity contribution in [2.45, 2.75) is 18.0 Å². The van der Waals surface area contributed by atoms with Crippen molar-refractivity contribution in [2.24, 2.45) is 5.14 Å². The molecular formula is C18H18F3N3O3S. The third-order valence-electron chi connectivity index (χ3n) is 3.62. The van der Waals surface area contributed by atoms with Gasteiger partial charge in [-0.25, -0.2) is 13.6 Å². The number of H-pyrrole nitrogens is 1. The van der Waals surface area contributed by atoms with Crippen LogP contribution in [0.4, 0.5) is 13.2 Å². The van der Waals surface area contributed by atoms with E-state index in [0.29, 0.717) is 11.3 Å². The van der Waals surface area contributed by atoms with E-state index in [2.05, 4.69) is 5.10 Å². The minimum absolute atomic E-state index is 0.156. The molecule has 3 rings (SSSR count). The number of aryl methyl sites for hydroxylation is 1. The van der Waals surface area contributed by atoms with Gasteiger partial charge in [0.1, 0.15) is 11.4 Å². The van der Waals surface area contributed by atoms with Crippen LogP contribution >= 0.6 is 0 Å². The Labute approximate surface area is 160 Å². The molecule has 6 nitrogen and oxygen atoms in total. The Kier molecular flexibility index (Phi) is 6.47. The number of nitrogens with zero attached hydrogens (tertiary/aromatic N) is 1. The third-order valence-corrected chi connectivity index (χ3v) is 4.55. The van der Waals surface area contributed by atoms with Crippen LogP contribution in [0, 0.1) is 6.92 Å². The van der Waals surface area contributed by atoms with Crippen molar-refractivity contribution < 1.29 is 26.3 Å². The van der Waals surface area contributed by atoms with Crippen molar-refractivity contribution in [3.63, 3.8) is 0 Å². The van der Waals surface area contributed by atoms with Crippen LogP contribution < -0.4 is 9.88 Å². The van der Waals surface area contributed by atoms with Gasteiger partial charge < -0.3 is 4.74 Å². The molecule has 3 N–H and O–H groups in total. The molecule has 0 bridgehead atoms. The summed E-state index contributed by atoms with van der Waals surface area (Å²) in [5.41, 5.74) is 0.998. The molecule has 0 atom stereocenters. The number of hydrogen-bond donors (Lipinski definition) is 2. The maximum Gasteiger partial charge on any atom is 0.432 e. The van der Waals surface area contributed by atoms with E-state index in [1.54, 1.807) is 36.4 Å². The summed E-state index contributed by atoms with van der Waals surface area (Å²) in [4.78, 5) is 0.156. The number of nitrogens with two attached hydrogens (primary N) is 1. The van der Waals surface area contributed by atoms with Crippen LogP contribution in [-0.4, -0.2) is 25.7 Å². The van der Waals surface area contributed by atoms with Crippen LogP contribution in [0.3, 0.4) is 0 Å². The Bertz CT molecular complexity index is 1010. The number of aromatic nitrogens is 2. The normalized spacial score (nSPS) is 11.5. The number of benzene rings is 2. The number of halogens is 3. The first-order valence-electron chi connectivity index (χ1n) is 7.87. The van der Waals surface area contributed by atoms with Crippen LogP contribution in [-0.2, 0) is 16.2 Å². The van der Waals surface area contributed by atoms with Crippen LogP contribution in [0.15, 0.2) is 59.5 Å². The zero-order chi connectivity index (χ0) is 20.9. The van der Waals surface area contributed by atoms with E-state index in [9.17, 15) is 21.6 Å². The molecule has 1 heterocycles. The van der Waals surface area contributed by atoms with Gasteiger partial charge >= 0.3 is 6.18 Å². The van der Waals surface area contributed by atoms with Crippen LogP contribution in [0.2, 0.25) is 0 Å². The van der Waals surface area contributed by atoms with Crippen molar-refractivity contribution in [2.75, 3.05) is 7.11 Å². The minimum atomic E-state index is -4.41. The number of hydrogen-bond acceptors (Lipinski definition) is 4. The number of nitrogens with one attached hydrogen (secondary N) is 1. The monoisotopic (exact) mass is 413 g/mol. The number of methoxy groups -OCH3 is 1. The van der Waals surface area contributed by atoms with E-state index >= 15 is 0 Å². The second kappa shape index (κ2) is 8.44. The Morgan fingerprint density at radius 2 is 1.61 bits per heavy atom. The number of primary sulfonamides is 1. The van der Waals surface area contributed by atoms with Gasteiger partial charge in [-0.3, -0.25) is 5.10 Å². The van der Waals surface area contributed by atoms with Gasteiger partial charge in [-0.15, -0.1) is 0 Å². The molecule has 10 heteroatoms. The van der Waals surface area contributed by atoms with Crippen molar-refractivity contribution in [3.8, 4) is 17.0 Å². The number of sulfonamides is 1. The highest BCUT2D eigenvalue weighted by Crippen LogP contribution is 2.30. The van der Waals surface area contributed by atoms with Crippen molar-refractivity contribution in [1.82, 2.24) is 10.2 Å². The first kappa shape index (κ1) is 21.5. The molecule has 3 aromatic rings. The number of ether oxygens (including phenoxy) is 1. The fourth-order valence-electron chi connectivity index (χ4n) is 2.10. The van der Waals surface area contributed by atoms with Crippen LogP contribution in [0.1, 0.15) is 11.3 Å². The molecule has 0 aliphatic heterocycles. The number of aromatic amines is 1. The van der Waals surface area contributed by atoms with Gasteiger partial charge in [-0.1, -0.05) is 17.7 Å². The molecular weight excluding hydrogens is 395 g/mol. The van der Waals surface area contributed by atoms with Gasteiger partial charge in [0.2, 0.25) is 10.0 Å². The Morgan fingerprint density at radius 1 is 1.04 bits per heavy atom. The van der Waals surface area contributed by atoms with E-state index in [1.165, 1.54) is 19.2 Å². The Morgan fingerprint density at radius 3 is 2.04 bits per heavy atom. The maximum atomic E-state index is 12.3. The minimum Gasteiger partial charge on any atom is -0.497 e. The molecule has 0 saturated carbocycles. The summed E-state index contributed by atoms with van der Waals surface area (Å²) in [5.74, 6) is 0.639. The van der Waals surface area contributed by atoms with Gasteiger partial charge in [0.15, 0.2) is 0 Å². The summed E-state index contributed by atoms with van der Waals surface area (Å²) in [6.45, 7) is 1.88. The van der Waals surface area contributed by atoms with Crippen LogP contribution in [0.25, 0.3) is 11.3 Å². The highest BCUT2D eigenvalue weighted by atomic mass is 32.2. The number of alkyl halides is 3. The average molecular weight is 413 g/mol.